The van der Waals surface area contributed by atoms with E-state index < -0.39 is 17.6 Å². The molecule has 0 radical (unpaired) electrons. The van der Waals surface area contributed by atoms with Gasteiger partial charge < -0.3 is 20.0 Å². The third kappa shape index (κ3) is 4.76. The smallest absolute Gasteiger partial charge is 0.313 e. The maximum atomic E-state index is 13.5. The molecule has 0 spiro atoms. The topological polar surface area (TPSA) is 91.7 Å². The summed E-state index contributed by atoms with van der Waals surface area (Å²) in [5, 5.41) is 4.99. The van der Waals surface area contributed by atoms with Gasteiger partial charge in [0.1, 0.15) is 12.1 Å². The van der Waals surface area contributed by atoms with Crippen LogP contribution in [0.2, 0.25) is 0 Å². The highest BCUT2D eigenvalue weighted by molar-refractivity contribution is 6.39. The van der Waals surface area contributed by atoms with Gasteiger partial charge in [-0.25, -0.2) is 4.39 Å². The molecule has 1 aliphatic rings. The van der Waals surface area contributed by atoms with Crippen LogP contribution >= 0.6 is 0 Å². The first-order valence-corrected chi connectivity index (χ1v) is 9.11. The van der Waals surface area contributed by atoms with Crippen molar-refractivity contribution in [3.05, 3.63) is 53.7 Å². The molecule has 8 heteroatoms. The van der Waals surface area contributed by atoms with E-state index in [1.165, 1.54) is 30.7 Å². The molecule has 3 rings (SSSR count). The number of aryl methyl sites for hydroxylation is 1. The Morgan fingerprint density at radius 3 is 2.57 bits per heavy atom. The number of halogens is 1. The van der Waals surface area contributed by atoms with Gasteiger partial charge in [0.15, 0.2) is 0 Å². The molecule has 28 heavy (non-hydrogen) atoms. The summed E-state index contributed by atoms with van der Waals surface area (Å²) in [6.45, 7) is 3.13. The van der Waals surface area contributed by atoms with Gasteiger partial charge in [0.05, 0.1) is 11.8 Å². The van der Waals surface area contributed by atoms with Crippen molar-refractivity contribution in [1.82, 2.24) is 10.2 Å². The Kier molecular flexibility index (Phi) is 6.08. The SMILES string of the molecule is Cc1ccc(NC(=O)C(=O)NCC2CCN(C(=O)c3ccoc3)CC2)cc1F. The minimum atomic E-state index is -0.837. The highest BCUT2D eigenvalue weighted by atomic mass is 19.1. The van der Waals surface area contributed by atoms with Crippen LogP contribution in [0.15, 0.2) is 41.2 Å². The highest BCUT2D eigenvalue weighted by Gasteiger charge is 2.25. The second kappa shape index (κ2) is 8.69. The average Bonchev–Trinajstić information content (AvgIpc) is 3.23. The standard InChI is InChI=1S/C20H22FN3O4/c1-13-2-3-16(10-17(13)21)23-19(26)18(25)22-11-14-4-7-24(8-5-14)20(27)15-6-9-28-12-15/h2-3,6,9-10,12,14H,4-5,7-8,11H2,1H3,(H,22,25)(H,23,26). The summed E-state index contributed by atoms with van der Waals surface area (Å²) in [4.78, 5) is 37.9. The lowest BCUT2D eigenvalue weighted by Crippen LogP contribution is -2.43. The number of nitrogens with one attached hydrogen (secondary N) is 2. The van der Waals surface area contributed by atoms with Crippen LogP contribution < -0.4 is 10.6 Å². The maximum absolute atomic E-state index is 13.5. The Balaban J connectivity index is 1.42. The van der Waals surface area contributed by atoms with E-state index in [0.717, 1.165) is 12.8 Å². The van der Waals surface area contributed by atoms with Gasteiger partial charge in [-0.2, -0.15) is 0 Å². The van der Waals surface area contributed by atoms with Gasteiger partial charge in [-0.15, -0.1) is 0 Å². The fraction of sp³-hybridized carbons (Fsp3) is 0.350. The third-order valence-electron chi connectivity index (χ3n) is 4.86. The lowest BCUT2D eigenvalue weighted by atomic mass is 9.96. The average molecular weight is 387 g/mol. The largest absolute Gasteiger partial charge is 0.472 e. The molecule has 2 N–H and O–H groups in total. The third-order valence-corrected chi connectivity index (χ3v) is 4.86. The van der Waals surface area contributed by atoms with Gasteiger partial charge in [0.2, 0.25) is 0 Å². The molecule has 1 saturated heterocycles. The molecule has 148 valence electrons. The molecular weight excluding hydrogens is 365 g/mol. The number of nitrogens with zero attached hydrogens (tertiary/aromatic N) is 1. The van der Waals surface area contributed by atoms with Crippen molar-refractivity contribution in [2.75, 3.05) is 25.0 Å². The van der Waals surface area contributed by atoms with Gasteiger partial charge in [0, 0.05) is 25.3 Å². The van der Waals surface area contributed by atoms with E-state index in [1.54, 1.807) is 17.9 Å². The molecule has 1 fully saturated rings. The number of furan rings is 1. The van der Waals surface area contributed by atoms with Crippen molar-refractivity contribution < 1.29 is 23.2 Å². The number of anilines is 1. The van der Waals surface area contributed by atoms with E-state index >= 15 is 0 Å². The van der Waals surface area contributed by atoms with Crippen LogP contribution in [0.1, 0.15) is 28.8 Å². The number of hydrogen-bond donors (Lipinski definition) is 2. The molecule has 0 aliphatic carbocycles. The van der Waals surface area contributed by atoms with Gasteiger partial charge in [-0.3, -0.25) is 14.4 Å². The first kappa shape index (κ1) is 19.6. The van der Waals surface area contributed by atoms with Crippen molar-refractivity contribution in [1.29, 1.82) is 0 Å². The Bertz CT molecular complexity index is 858. The van der Waals surface area contributed by atoms with Crippen LogP contribution in [-0.4, -0.2) is 42.3 Å². The molecule has 1 aliphatic heterocycles. The number of amides is 3. The van der Waals surface area contributed by atoms with Crippen molar-refractivity contribution in [3.63, 3.8) is 0 Å². The molecular formula is C20H22FN3O4. The molecule has 2 aromatic rings. The molecule has 2 heterocycles. The fourth-order valence-electron chi connectivity index (χ4n) is 3.08. The molecule has 1 aromatic carbocycles. The molecule has 0 saturated carbocycles. The zero-order valence-electron chi connectivity index (χ0n) is 15.5. The number of carbonyl (C=O) groups is 3. The van der Waals surface area contributed by atoms with E-state index in [4.69, 9.17) is 4.42 Å². The Morgan fingerprint density at radius 1 is 1.18 bits per heavy atom. The van der Waals surface area contributed by atoms with E-state index in [0.29, 0.717) is 30.8 Å². The summed E-state index contributed by atoms with van der Waals surface area (Å²) in [6.07, 6.45) is 4.35. The summed E-state index contributed by atoms with van der Waals surface area (Å²) < 4.78 is 18.5. The van der Waals surface area contributed by atoms with Gasteiger partial charge in [-0.05, 0) is 49.4 Å². The predicted molar refractivity (Wildman–Crippen MR) is 100 cm³/mol. The van der Waals surface area contributed by atoms with Crippen LogP contribution in [0, 0.1) is 18.7 Å². The molecule has 0 bridgehead atoms. The van der Waals surface area contributed by atoms with Crippen molar-refractivity contribution >= 4 is 23.4 Å². The molecule has 7 nitrogen and oxygen atoms in total. The van der Waals surface area contributed by atoms with Crippen LogP contribution in [0.25, 0.3) is 0 Å². The minimum Gasteiger partial charge on any atom is -0.472 e. The van der Waals surface area contributed by atoms with Crippen molar-refractivity contribution in [3.8, 4) is 0 Å². The lowest BCUT2D eigenvalue weighted by Gasteiger charge is -2.31. The zero-order valence-corrected chi connectivity index (χ0v) is 15.5. The van der Waals surface area contributed by atoms with Crippen LogP contribution in [0.4, 0.5) is 10.1 Å². The van der Waals surface area contributed by atoms with Crippen molar-refractivity contribution in [2.45, 2.75) is 19.8 Å². The summed E-state index contributed by atoms with van der Waals surface area (Å²) in [5.74, 6) is -1.94. The monoisotopic (exact) mass is 387 g/mol. The van der Waals surface area contributed by atoms with Crippen LogP contribution in [0.3, 0.4) is 0 Å². The van der Waals surface area contributed by atoms with Crippen LogP contribution in [0.5, 0.6) is 0 Å². The van der Waals surface area contributed by atoms with Gasteiger partial charge in [-0.1, -0.05) is 6.07 Å². The molecule has 3 amide bonds. The predicted octanol–water partition coefficient (Wildman–Crippen LogP) is 2.33. The van der Waals surface area contributed by atoms with E-state index in [2.05, 4.69) is 10.6 Å². The minimum absolute atomic E-state index is 0.0686. The normalized spacial score (nSPS) is 14.6. The van der Waals surface area contributed by atoms with Gasteiger partial charge in [0.25, 0.3) is 5.91 Å². The van der Waals surface area contributed by atoms with E-state index in [-0.39, 0.29) is 17.5 Å². The zero-order chi connectivity index (χ0) is 20.1. The van der Waals surface area contributed by atoms with Gasteiger partial charge >= 0.3 is 11.8 Å². The highest BCUT2D eigenvalue weighted by Crippen LogP contribution is 2.19. The van der Waals surface area contributed by atoms with E-state index in [9.17, 15) is 18.8 Å². The van der Waals surface area contributed by atoms with Crippen molar-refractivity contribution in [2.24, 2.45) is 5.92 Å². The molecule has 0 unspecified atom stereocenters. The second-order valence-corrected chi connectivity index (χ2v) is 6.88. The summed E-state index contributed by atoms with van der Waals surface area (Å²) in [7, 11) is 0. The number of piperidine rings is 1. The number of rotatable bonds is 4. The second-order valence-electron chi connectivity index (χ2n) is 6.88. The number of carbonyl (C=O) groups excluding carboxylic acids is 3. The lowest BCUT2D eigenvalue weighted by molar-refractivity contribution is -0.136. The van der Waals surface area contributed by atoms with E-state index in [1.807, 2.05) is 0 Å². The summed E-state index contributed by atoms with van der Waals surface area (Å²) in [6, 6.07) is 5.87. The quantitative estimate of drug-likeness (QED) is 0.788. The molecule has 1 aromatic heterocycles. The Morgan fingerprint density at radius 2 is 1.93 bits per heavy atom. The number of hydrogen-bond acceptors (Lipinski definition) is 4. The maximum Gasteiger partial charge on any atom is 0.313 e. The first-order valence-electron chi connectivity index (χ1n) is 9.11. The molecule has 0 atom stereocenters. The summed E-state index contributed by atoms with van der Waals surface area (Å²) >= 11 is 0. The fourth-order valence-corrected chi connectivity index (χ4v) is 3.08. The Labute approximate surface area is 161 Å². The van der Waals surface area contributed by atoms with Crippen LogP contribution in [-0.2, 0) is 9.59 Å². The number of benzene rings is 1. The summed E-state index contributed by atoms with van der Waals surface area (Å²) in [5.41, 5.74) is 1.21. The first-order chi connectivity index (χ1) is 13.4. The number of likely N-dealkylation sites (tertiary alicyclic amines) is 1. The Hall–Kier alpha value is -3.16.